The van der Waals surface area contributed by atoms with Crippen molar-refractivity contribution in [2.24, 2.45) is 16.8 Å². The third kappa shape index (κ3) is 3.57. The van der Waals surface area contributed by atoms with E-state index in [2.05, 4.69) is 23.9 Å². The van der Waals surface area contributed by atoms with Crippen LogP contribution in [0.3, 0.4) is 0 Å². The van der Waals surface area contributed by atoms with E-state index < -0.39 is 0 Å². The summed E-state index contributed by atoms with van der Waals surface area (Å²) in [6.07, 6.45) is 3.50. The van der Waals surface area contributed by atoms with Gasteiger partial charge in [0.05, 0.1) is 0 Å². The number of amidine groups is 1. The monoisotopic (exact) mass is 295 g/mol. The molecule has 1 saturated carbocycles. The normalized spacial score (nSPS) is 15.7. The van der Waals surface area contributed by atoms with E-state index in [0.717, 1.165) is 24.2 Å². The molecule has 0 aliphatic heterocycles. The molecule has 1 aromatic rings. The Bertz CT molecular complexity index is 498. The molecule has 0 heterocycles. The Hall–Kier alpha value is -1.42. The van der Waals surface area contributed by atoms with Gasteiger partial charge in [0.2, 0.25) is 0 Å². The molecule has 1 fully saturated rings. The third-order valence-corrected chi connectivity index (χ3v) is 3.82. The van der Waals surface area contributed by atoms with Crippen LogP contribution in [0.15, 0.2) is 23.4 Å². The smallest absolute Gasteiger partial charge is 0.172 e. The lowest BCUT2D eigenvalue weighted by Crippen LogP contribution is -2.30. The van der Waals surface area contributed by atoms with Gasteiger partial charge >= 0.3 is 0 Å². The summed E-state index contributed by atoms with van der Waals surface area (Å²) in [4.78, 5) is 2.35. The summed E-state index contributed by atoms with van der Waals surface area (Å²) in [5, 5.41) is 12.7. The molecule has 20 heavy (non-hydrogen) atoms. The second-order valence-corrected chi connectivity index (χ2v) is 6.19. The fraction of sp³-hybridized carbons (Fsp3) is 0.533. The SMILES string of the molecule is CC(C)CCN(c1cc(Cl)ccc1/C(N)=N/O)C1CC1. The highest BCUT2D eigenvalue weighted by molar-refractivity contribution is 6.31. The van der Waals surface area contributed by atoms with E-state index in [4.69, 9.17) is 22.5 Å². The van der Waals surface area contributed by atoms with Gasteiger partial charge in [0, 0.05) is 28.9 Å². The fourth-order valence-corrected chi connectivity index (χ4v) is 2.46. The maximum absolute atomic E-state index is 8.95. The van der Waals surface area contributed by atoms with Crippen molar-refractivity contribution in [1.29, 1.82) is 0 Å². The molecule has 0 radical (unpaired) electrons. The van der Waals surface area contributed by atoms with Crippen LogP contribution >= 0.6 is 11.6 Å². The molecular formula is C15H22ClN3O. The van der Waals surface area contributed by atoms with Gasteiger partial charge in [0.25, 0.3) is 0 Å². The molecule has 2 rings (SSSR count). The Morgan fingerprint density at radius 1 is 1.50 bits per heavy atom. The predicted octanol–water partition coefficient (Wildman–Crippen LogP) is 3.45. The van der Waals surface area contributed by atoms with E-state index in [9.17, 15) is 0 Å². The van der Waals surface area contributed by atoms with Crippen LogP contribution in [-0.2, 0) is 0 Å². The zero-order valence-corrected chi connectivity index (χ0v) is 12.8. The molecule has 1 aliphatic carbocycles. The van der Waals surface area contributed by atoms with E-state index in [1.807, 2.05) is 12.1 Å². The van der Waals surface area contributed by atoms with E-state index in [0.29, 0.717) is 17.0 Å². The zero-order chi connectivity index (χ0) is 14.7. The number of nitrogens with zero attached hydrogens (tertiary/aromatic N) is 2. The minimum atomic E-state index is 0.131. The summed E-state index contributed by atoms with van der Waals surface area (Å²) in [6, 6.07) is 6.05. The molecule has 110 valence electrons. The molecule has 0 atom stereocenters. The summed E-state index contributed by atoms with van der Waals surface area (Å²) in [5.41, 5.74) is 7.50. The fourth-order valence-electron chi connectivity index (χ4n) is 2.30. The van der Waals surface area contributed by atoms with E-state index in [1.165, 1.54) is 12.8 Å². The van der Waals surface area contributed by atoms with Gasteiger partial charge in [-0.25, -0.2) is 0 Å². The molecule has 0 aromatic heterocycles. The van der Waals surface area contributed by atoms with Crippen molar-refractivity contribution in [3.8, 4) is 0 Å². The first-order valence-corrected chi connectivity index (χ1v) is 7.44. The summed E-state index contributed by atoms with van der Waals surface area (Å²) in [6.45, 7) is 5.40. The van der Waals surface area contributed by atoms with Crippen molar-refractivity contribution in [2.75, 3.05) is 11.4 Å². The number of hydrogen-bond acceptors (Lipinski definition) is 3. The largest absolute Gasteiger partial charge is 0.409 e. The van der Waals surface area contributed by atoms with Crippen molar-refractivity contribution < 1.29 is 5.21 Å². The third-order valence-electron chi connectivity index (χ3n) is 3.59. The molecule has 0 spiro atoms. The molecule has 1 aliphatic rings. The number of oxime groups is 1. The highest BCUT2D eigenvalue weighted by atomic mass is 35.5. The first kappa shape index (κ1) is 15.0. The van der Waals surface area contributed by atoms with Gasteiger partial charge in [-0.15, -0.1) is 0 Å². The molecule has 0 amide bonds. The lowest BCUT2D eigenvalue weighted by Gasteiger charge is -2.28. The predicted molar refractivity (Wildman–Crippen MR) is 83.8 cm³/mol. The Labute approximate surface area is 125 Å². The number of hydrogen-bond donors (Lipinski definition) is 2. The maximum atomic E-state index is 8.95. The van der Waals surface area contributed by atoms with Crippen molar-refractivity contribution in [1.82, 2.24) is 0 Å². The van der Waals surface area contributed by atoms with Crippen LogP contribution in [0.1, 0.15) is 38.7 Å². The Morgan fingerprint density at radius 2 is 2.20 bits per heavy atom. The van der Waals surface area contributed by atoms with Gasteiger partial charge in [-0.2, -0.15) is 0 Å². The molecule has 4 nitrogen and oxygen atoms in total. The Balaban J connectivity index is 2.33. The van der Waals surface area contributed by atoms with Gasteiger partial charge in [-0.1, -0.05) is 30.6 Å². The standard InChI is InChI=1S/C15H22ClN3O/c1-10(2)7-8-19(12-4-5-12)14-9-11(16)3-6-13(14)15(17)18-20/h3,6,9-10,12,20H,4-5,7-8H2,1-2H3,(H2,17,18). The first-order chi connectivity index (χ1) is 9.52. The lowest BCUT2D eigenvalue weighted by molar-refractivity contribution is 0.318. The number of halogens is 1. The highest BCUT2D eigenvalue weighted by Crippen LogP contribution is 2.35. The Kier molecular flexibility index (Phi) is 4.76. The number of nitrogens with two attached hydrogens (primary N) is 1. The van der Waals surface area contributed by atoms with Gasteiger partial charge < -0.3 is 15.8 Å². The van der Waals surface area contributed by atoms with Crippen LogP contribution in [0.5, 0.6) is 0 Å². The average molecular weight is 296 g/mol. The van der Waals surface area contributed by atoms with Gasteiger partial charge in [-0.3, -0.25) is 0 Å². The van der Waals surface area contributed by atoms with Crippen LogP contribution in [0.2, 0.25) is 5.02 Å². The van der Waals surface area contributed by atoms with Gasteiger partial charge in [-0.05, 0) is 43.4 Å². The van der Waals surface area contributed by atoms with Crippen LogP contribution in [0.4, 0.5) is 5.69 Å². The average Bonchev–Trinajstić information content (AvgIpc) is 3.22. The molecule has 3 N–H and O–H groups in total. The van der Waals surface area contributed by atoms with Crippen molar-refractivity contribution in [3.63, 3.8) is 0 Å². The van der Waals surface area contributed by atoms with Crippen molar-refractivity contribution >= 4 is 23.1 Å². The maximum Gasteiger partial charge on any atom is 0.172 e. The molecule has 0 unspecified atom stereocenters. The van der Waals surface area contributed by atoms with E-state index in [-0.39, 0.29) is 5.84 Å². The summed E-state index contributed by atoms with van der Waals surface area (Å²) in [5.74, 6) is 0.773. The summed E-state index contributed by atoms with van der Waals surface area (Å²) in [7, 11) is 0. The van der Waals surface area contributed by atoms with E-state index >= 15 is 0 Å². The topological polar surface area (TPSA) is 61.8 Å². The quantitative estimate of drug-likeness (QED) is 0.366. The van der Waals surface area contributed by atoms with Crippen LogP contribution in [0, 0.1) is 5.92 Å². The summed E-state index contributed by atoms with van der Waals surface area (Å²) >= 11 is 6.13. The Morgan fingerprint density at radius 3 is 2.75 bits per heavy atom. The van der Waals surface area contributed by atoms with Crippen molar-refractivity contribution in [2.45, 2.75) is 39.2 Å². The highest BCUT2D eigenvalue weighted by Gasteiger charge is 2.31. The van der Waals surface area contributed by atoms with Crippen molar-refractivity contribution in [3.05, 3.63) is 28.8 Å². The van der Waals surface area contributed by atoms with Gasteiger partial charge in [0.15, 0.2) is 5.84 Å². The molecular weight excluding hydrogens is 274 g/mol. The molecule has 5 heteroatoms. The molecule has 0 saturated heterocycles. The van der Waals surface area contributed by atoms with Crippen LogP contribution in [-0.4, -0.2) is 23.6 Å². The van der Waals surface area contributed by atoms with Gasteiger partial charge in [0.1, 0.15) is 0 Å². The first-order valence-electron chi connectivity index (χ1n) is 7.07. The lowest BCUT2D eigenvalue weighted by atomic mass is 10.1. The second-order valence-electron chi connectivity index (χ2n) is 5.75. The number of rotatable bonds is 6. The minimum Gasteiger partial charge on any atom is -0.409 e. The second kappa shape index (κ2) is 6.35. The van der Waals surface area contributed by atoms with Crippen LogP contribution < -0.4 is 10.6 Å². The minimum absolute atomic E-state index is 0.131. The number of benzene rings is 1. The molecule has 0 bridgehead atoms. The van der Waals surface area contributed by atoms with E-state index in [1.54, 1.807) is 6.07 Å². The molecule has 1 aromatic carbocycles. The van der Waals surface area contributed by atoms with Crippen LogP contribution in [0.25, 0.3) is 0 Å². The number of anilines is 1. The summed E-state index contributed by atoms with van der Waals surface area (Å²) < 4.78 is 0. The zero-order valence-electron chi connectivity index (χ0n) is 12.0.